The van der Waals surface area contributed by atoms with Crippen LogP contribution in [0.3, 0.4) is 0 Å². The highest BCUT2D eigenvalue weighted by Crippen LogP contribution is 2.10. The maximum Gasteiger partial charge on any atom is 0.274 e. The summed E-state index contributed by atoms with van der Waals surface area (Å²) < 4.78 is 0. The average Bonchev–Trinajstić information content (AvgIpc) is 2.52. The molecule has 6 heteroatoms. The molecule has 1 saturated heterocycles. The highest BCUT2D eigenvalue weighted by molar-refractivity contribution is 5.92. The zero-order chi connectivity index (χ0) is 15.2. The highest BCUT2D eigenvalue weighted by Gasteiger charge is 2.24. The van der Waals surface area contributed by atoms with Crippen molar-refractivity contribution in [2.24, 2.45) is 0 Å². The zero-order valence-electron chi connectivity index (χ0n) is 13.2. The SMILES string of the molecule is CCCNc1cncc(C(=O)N2CCN(C(C)C)CC2)n1. The molecular formula is C15H25N5O. The minimum absolute atomic E-state index is 0.0222. The number of anilines is 1. The van der Waals surface area contributed by atoms with E-state index < -0.39 is 0 Å². The quantitative estimate of drug-likeness (QED) is 0.890. The monoisotopic (exact) mass is 291 g/mol. The van der Waals surface area contributed by atoms with Crippen molar-refractivity contribution in [1.82, 2.24) is 19.8 Å². The number of hydrogen-bond acceptors (Lipinski definition) is 5. The van der Waals surface area contributed by atoms with Gasteiger partial charge in [-0.1, -0.05) is 6.92 Å². The van der Waals surface area contributed by atoms with Crippen molar-refractivity contribution in [3.63, 3.8) is 0 Å². The predicted octanol–water partition coefficient (Wildman–Crippen LogP) is 1.46. The molecule has 0 saturated carbocycles. The van der Waals surface area contributed by atoms with Gasteiger partial charge in [0, 0.05) is 38.8 Å². The van der Waals surface area contributed by atoms with E-state index in [1.165, 1.54) is 0 Å². The van der Waals surface area contributed by atoms with Crippen LogP contribution in [-0.2, 0) is 0 Å². The molecule has 1 amide bonds. The number of amides is 1. The first-order chi connectivity index (χ1) is 10.1. The van der Waals surface area contributed by atoms with Gasteiger partial charge in [-0.15, -0.1) is 0 Å². The molecule has 0 bridgehead atoms. The van der Waals surface area contributed by atoms with Gasteiger partial charge in [0.05, 0.1) is 12.4 Å². The van der Waals surface area contributed by atoms with Crippen molar-refractivity contribution in [3.8, 4) is 0 Å². The van der Waals surface area contributed by atoms with E-state index in [1.807, 2.05) is 4.90 Å². The second-order valence-electron chi connectivity index (χ2n) is 5.64. The molecular weight excluding hydrogens is 266 g/mol. The van der Waals surface area contributed by atoms with Crippen LogP contribution in [-0.4, -0.2) is 64.4 Å². The van der Waals surface area contributed by atoms with Crippen LogP contribution in [0, 0.1) is 0 Å². The Hall–Kier alpha value is -1.69. The number of nitrogens with zero attached hydrogens (tertiary/aromatic N) is 4. The summed E-state index contributed by atoms with van der Waals surface area (Å²) in [6.45, 7) is 10.6. The normalized spacial score (nSPS) is 16.3. The van der Waals surface area contributed by atoms with Crippen molar-refractivity contribution in [2.45, 2.75) is 33.2 Å². The van der Waals surface area contributed by atoms with Gasteiger partial charge < -0.3 is 10.2 Å². The van der Waals surface area contributed by atoms with Crippen LogP contribution in [0.5, 0.6) is 0 Å². The van der Waals surface area contributed by atoms with Gasteiger partial charge >= 0.3 is 0 Å². The van der Waals surface area contributed by atoms with E-state index in [0.29, 0.717) is 17.6 Å². The van der Waals surface area contributed by atoms with Gasteiger partial charge in [-0.3, -0.25) is 14.7 Å². The van der Waals surface area contributed by atoms with Crippen LogP contribution in [0.4, 0.5) is 5.82 Å². The molecule has 1 aliphatic rings. The smallest absolute Gasteiger partial charge is 0.274 e. The van der Waals surface area contributed by atoms with E-state index in [1.54, 1.807) is 12.4 Å². The first-order valence-electron chi connectivity index (χ1n) is 7.71. The zero-order valence-corrected chi connectivity index (χ0v) is 13.2. The summed E-state index contributed by atoms with van der Waals surface area (Å²) in [5.74, 6) is 0.648. The van der Waals surface area contributed by atoms with Gasteiger partial charge in [0.15, 0.2) is 0 Å². The molecule has 0 aromatic carbocycles. The van der Waals surface area contributed by atoms with Gasteiger partial charge in [-0.25, -0.2) is 4.98 Å². The standard InChI is InChI=1S/C15H25N5O/c1-4-5-17-14-11-16-10-13(18-14)15(21)20-8-6-19(7-9-20)12(2)3/h10-12H,4-9H2,1-3H3,(H,17,18). The molecule has 1 aromatic rings. The third-order valence-corrected chi connectivity index (χ3v) is 3.74. The first kappa shape index (κ1) is 15.7. The minimum atomic E-state index is -0.0222. The van der Waals surface area contributed by atoms with Gasteiger partial charge in [0.1, 0.15) is 11.5 Å². The number of nitrogens with one attached hydrogen (secondary N) is 1. The first-order valence-corrected chi connectivity index (χ1v) is 7.71. The summed E-state index contributed by atoms with van der Waals surface area (Å²) in [5, 5.41) is 3.16. The molecule has 6 nitrogen and oxygen atoms in total. The van der Waals surface area contributed by atoms with Gasteiger partial charge in [0.25, 0.3) is 5.91 Å². The molecule has 1 aliphatic heterocycles. The molecule has 21 heavy (non-hydrogen) atoms. The van der Waals surface area contributed by atoms with E-state index >= 15 is 0 Å². The Kier molecular flexibility index (Phi) is 5.50. The summed E-state index contributed by atoms with van der Waals surface area (Å²) >= 11 is 0. The molecule has 0 atom stereocenters. The third-order valence-electron chi connectivity index (χ3n) is 3.74. The molecule has 0 radical (unpaired) electrons. The van der Waals surface area contributed by atoms with E-state index in [9.17, 15) is 4.79 Å². The number of aromatic nitrogens is 2. The fourth-order valence-electron chi connectivity index (χ4n) is 2.41. The Morgan fingerprint density at radius 1 is 1.29 bits per heavy atom. The molecule has 0 spiro atoms. The molecule has 2 heterocycles. The van der Waals surface area contributed by atoms with Crippen LogP contribution in [0.15, 0.2) is 12.4 Å². The minimum Gasteiger partial charge on any atom is -0.369 e. The maximum atomic E-state index is 12.5. The summed E-state index contributed by atoms with van der Waals surface area (Å²) in [4.78, 5) is 25.2. The van der Waals surface area contributed by atoms with Crippen molar-refractivity contribution < 1.29 is 4.79 Å². The fourth-order valence-corrected chi connectivity index (χ4v) is 2.41. The number of rotatable bonds is 5. The van der Waals surface area contributed by atoms with Crippen LogP contribution in [0.2, 0.25) is 0 Å². The third kappa shape index (κ3) is 4.14. The topological polar surface area (TPSA) is 61.4 Å². The number of piperazine rings is 1. The Bertz CT molecular complexity index is 469. The van der Waals surface area contributed by atoms with Crippen molar-refractivity contribution in [2.75, 3.05) is 38.0 Å². The van der Waals surface area contributed by atoms with Crippen LogP contribution < -0.4 is 5.32 Å². The van der Waals surface area contributed by atoms with Crippen LogP contribution in [0.25, 0.3) is 0 Å². The summed E-state index contributed by atoms with van der Waals surface area (Å²) in [5.41, 5.74) is 0.425. The molecule has 1 aromatic heterocycles. The van der Waals surface area contributed by atoms with E-state index in [-0.39, 0.29) is 5.91 Å². The summed E-state index contributed by atoms with van der Waals surface area (Å²) in [6, 6.07) is 0.531. The summed E-state index contributed by atoms with van der Waals surface area (Å²) in [7, 11) is 0. The Morgan fingerprint density at radius 3 is 2.62 bits per heavy atom. The lowest BCUT2D eigenvalue weighted by molar-refractivity contribution is 0.0589. The maximum absolute atomic E-state index is 12.5. The molecule has 1 fully saturated rings. The highest BCUT2D eigenvalue weighted by atomic mass is 16.2. The molecule has 1 N–H and O–H groups in total. The number of carbonyl (C=O) groups excluding carboxylic acids is 1. The van der Waals surface area contributed by atoms with E-state index in [0.717, 1.165) is 39.1 Å². The second kappa shape index (κ2) is 7.36. The number of carbonyl (C=O) groups is 1. The molecule has 2 rings (SSSR count). The van der Waals surface area contributed by atoms with Gasteiger partial charge in [0.2, 0.25) is 0 Å². The lowest BCUT2D eigenvalue weighted by Crippen LogP contribution is -2.50. The Morgan fingerprint density at radius 2 is 2.00 bits per heavy atom. The van der Waals surface area contributed by atoms with Crippen molar-refractivity contribution >= 4 is 11.7 Å². The van der Waals surface area contributed by atoms with Crippen molar-refractivity contribution in [3.05, 3.63) is 18.1 Å². The average molecular weight is 291 g/mol. The largest absolute Gasteiger partial charge is 0.369 e. The Balaban J connectivity index is 1.97. The van der Waals surface area contributed by atoms with Crippen LogP contribution >= 0.6 is 0 Å². The lowest BCUT2D eigenvalue weighted by Gasteiger charge is -2.36. The van der Waals surface area contributed by atoms with E-state index in [4.69, 9.17) is 0 Å². The second-order valence-corrected chi connectivity index (χ2v) is 5.64. The Labute approximate surface area is 126 Å². The molecule has 0 unspecified atom stereocenters. The lowest BCUT2D eigenvalue weighted by atomic mass is 10.2. The molecule has 0 aliphatic carbocycles. The van der Waals surface area contributed by atoms with Gasteiger partial charge in [-0.05, 0) is 20.3 Å². The van der Waals surface area contributed by atoms with Crippen molar-refractivity contribution in [1.29, 1.82) is 0 Å². The van der Waals surface area contributed by atoms with Gasteiger partial charge in [-0.2, -0.15) is 0 Å². The number of hydrogen-bond donors (Lipinski definition) is 1. The summed E-state index contributed by atoms with van der Waals surface area (Å²) in [6.07, 6.45) is 4.22. The molecule has 116 valence electrons. The van der Waals surface area contributed by atoms with E-state index in [2.05, 4.69) is 41.0 Å². The van der Waals surface area contributed by atoms with Crippen LogP contribution in [0.1, 0.15) is 37.7 Å². The predicted molar refractivity (Wildman–Crippen MR) is 83.4 cm³/mol. The fraction of sp³-hybridized carbons (Fsp3) is 0.667.